The third-order valence-electron chi connectivity index (χ3n) is 23.1. The zero-order valence-electron chi connectivity index (χ0n) is 66.0. The molecule has 574 valence electrons. The van der Waals surface area contributed by atoms with Crippen LogP contribution in [0.3, 0.4) is 0 Å². The van der Waals surface area contributed by atoms with Crippen LogP contribution in [0.4, 0.5) is 0 Å². The second-order valence-corrected chi connectivity index (χ2v) is 38.1. The van der Waals surface area contributed by atoms with Crippen molar-refractivity contribution in [2.45, 2.75) is 285 Å². The fourth-order valence-electron chi connectivity index (χ4n) is 16.7. The van der Waals surface area contributed by atoms with Gasteiger partial charge < -0.3 is 9.80 Å². The van der Waals surface area contributed by atoms with E-state index in [-0.39, 0.29) is 11.8 Å². The highest BCUT2D eigenvalue weighted by Gasteiger charge is 2.50. The molecule has 0 saturated heterocycles. The maximum absolute atomic E-state index is 16.7. The summed E-state index contributed by atoms with van der Waals surface area (Å²) in [5.41, 5.74) is 5.53. The first kappa shape index (κ1) is 81.5. The number of hydrogen-bond donors (Lipinski definition) is 0. The Kier molecular flexibility index (Phi) is 33.0. The lowest BCUT2D eigenvalue weighted by atomic mass is 9.93. The van der Waals surface area contributed by atoms with E-state index in [2.05, 4.69) is 195 Å². The normalized spacial score (nSPS) is 13.9. The molecular weight excluding hydrogens is 1430 g/mol. The third kappa shape index (κ3) is 22.7. The summed E-state index contributed by atoms with van der Waals surface area (Å²) in [6.07, 6.45) is 51.2. The Morgan fingerprint density at radius 3 is 0.741 bits per heavy atom. The SMILES string of the molecule is CCCCCCCCCCCCC(CCCCCCCCCC)CN1C(=O)C2=C(c3ccc(-c4ccc(-c5ccc(-c6ccc7ccccc7c6)s5)s4)s3)N(CC(CCCCCCCCCC)CCCCCCCCCCCC)C(=O)C2=C1c1ccc(-c2ccc(-c3ccc(-c4ccc5ccccc5c4)s3)s2)s1. The van der Waals surface area contributed by atoms with Crippen molar-refractivity contribution in [3.8, 4) is 59.9 Å². The Labute approximate surface area is 674 Å². The molecule has 12 rings (SSSR count). The number of rotatable bonds is 52. The van der Waals surface area contributed by atoms with Crippen molar-refractivity contribution in [1.82, 2.24) is 9.80 Å². The van der Waals surface area contributed by atoms with Crippen LogP contribution >= 0.6 is 68.0 Å². The second kappa shape index (κ2) is 43.7. The number of carbonyl (C=O) groups excluding carboxylic acids is 2. The summed E-state index contributed by atoms with van der Waals surface area (Å²) >= 11 is 11.0. The number of hydrogen-bond acceptors (Lipinski definition) is 8. The molecule has 2 aliphatic rings. The number of fused-ring (bicyclic) bond motifs is 3. The van der Waals surface area contributed by atoms with Crippen molar-refractivity contribution in [3.63, 3.8) is 0 Å². The maximum atomic E-state index is 16.7. The summed E-state index contributed by atoms with van der Waals surface area (Å²) < 4.78 is 0. The minimum absolute atomic E-state index is 0.0331. The summed E-state index contributed by atoms with van der Waals surface area (Å²) in [6.45, 7) is 10.5. The number of amides is 2. The molecule has 0 aliphatic carbocycles. The van der Waals surface area contributed by atoms with E-state index in [4.69, 9.17) is 0 Å². The highest BCUT2D eigenvalue weighted by atomic mass is 32.1. The van der Waals surface area contributed by atoms with E-state index < -0.39 is 0 Å². The fraction of sp³-hybridized carbons (Fsp3) is 0.490. The van der Waals surface area contributed by atoms with E-state index in [1.165, 1.54) is 313 Å². The smallest absolute Gasteiger partial charge is 0.261 e. The van der Waals surface area contributed by atoms with Crippen LogP contribution in [0.1, 0.15) is 294 Å². The van der Waals surface area contributed by atoms with Gasteiger partial charge in [-0.3, -0.25) is 9.59 Å². The van der Waals surface area contributed by atoms with Crippen molar-refractivity contribution in [1.29, 1.82) is 0 Å². The topological polar surface area (TPSA) is 40.6 Å². The van der Waals surface area contributed by atoms with Crippen LogP contribution in [-0.4, -0.2) is 34.7 Å². The minimum Gasteiger partial charge on any atom is -0.306 e. The fourth-order valence-corrected chi connectivity index (χ4v) is 23.2. The molecule has 0 fully saturated rings. The number of thiophene rings is 6. The van der Waals surface area contributed by atoms with Crippen LogP contribution in [0.5, 0.6) is 0 Å². The minimum atomic E-state index is 0.0331. The molecule has 4 nitrogen and oxygen atoms in total. The quantitative estimate of drug-likeness (QED) is 0.0357. The van der Waals surface area contributed by atoms with Crippen molar-refractivity contribution in [2.75, 3.05) is 13.1 Å². The van der Waals surface area contributed by atoms with Gasteiger partial charge in [0, 0.05) is 61.9 Å². The molecule has 2 atom stereocenters. The highest BCUT2D eigenvalue weighted by Crippen LogP contribution is 2.53. The van der Waals surface area contributed by atoms with Gasteiger partial charge in [-0.15, -0.1) is 68.0 Å². The van der Waals surface area contributed by atoms with Gasteiger partial charge in [0.25, 0.3) is 11.8 Å². The molecule has 8 heterocycles. The molecule has 2 aliphatic heterocycles. The molecule has 0 bridgehead atoms. The largest absolute Gasteiger partial charge is 0.306 e. The predicted octanol–water partition coefficient (Wildman–Crippen LogP) is 33.1. The van der Waals surface area contributed by atoms with Gasteiger partial charge in [0.15, 0.2) is 0 Å². The standard InChI is InChI=1S/C98H124N2O2S6/c1-5-9-13-17-21-25-27-31-35-39-47-73(45-37-33-29-23-19-15-11-7-3)71-99-95(91-67-65-89(107-91)87-63-61-85(105-87)83-59-57-81(103-83)79-55-53-75-49-41-43-51-77(75)69-79)93-94(97(99)101)96(100(98(93)102)72-74(46-38-34-30-24-20-16-12-8-4)48-40-36-32-28-26-22-18-14-10-6-2)92-68-66-90(108-92)88-64-62-86(106-88)84-60-58-82(104-84)80-56-54-76-50-42-44-52-78(76)70-80/h41-44,49-70,73-74H,5-40,45-48,71-72H2,1-4H3. The van der Waals surface area contributed by atoms with Crippen molar-refractivity contribution >= 4 is 113 Å². The Morgan fingerprint density at radius 2 is 0.463 bits per heavy atom. The Hall–Kier alpha value is -5.98. The van der Waals surface area contributed by atoms with Gasteiger partial charge >= 0.3 is 0 Å². The van der Waals surface area contributed by atoms with Crippen LogP contribution < -0.4 is 0 Å². The van der Waals surface area contributed by atoms with Gasteiger partial charge in [-0.25, -0.2) is 0 Å². The molecule has 4 aromatic carbocycles. The number of unbranched alkanes of at least 4 members (excludes halogenated alkanes) is 32. The lowest BCUT2D eigenvalue weighted by molar-refractivity contribution is -0.124. The average Bonchev–Trinajstić information content (AvgIpc) is 1.55. The molecule has 2 amide bonds. The van der Waals surface area contributed by atoms with E-state index in [0.717, 1.165) is 46.8 Å². The van der Waals surface area contributed by atoms with Crippen molar-refractivity contribution in [3.05, 3.63) is 179 Å². The van der Waals surface area contributed by atoms with Gasteiger partial charge in [-0.2, -0.15) is 0 Å². The number of carbonyl (C=O) groups is 2. The van der Waals surface area contributed by atoms with Gasteiger partial charge in [0.2, 0.25) is 0 Å². The molecule has 0 saturated carbocycles. The Bertz CT molecular complexity index is 4160. The molecule has 108 heavy (non-hydrogen) atoms. The Morgan fingerprint density at radius 1 is 0.241 bits per heavy atom. The molecule has 0 radical (unpaired) electrons. The van der Waals surface area contributed by atoms with Crippen LogP contribution in [0, 0.1) is 11.8 Å². The summed E-state index contributed by atoms with van der Waals surface area (Å²) in [7, 11) is 0. The van der Waals surface area contributed by atoms with Gasteiger partial charge in [-0.05, 0) is 155 Å². The molecule has 10 aromatic rings. The van der Waals surface area contributed by atoms with E-state index in [1.54, 1.807) is 22.7 Å². The lowest BCUT2D eigenvalue weighted by Crippen LogP contribution is -2.34. The zero-order chi connectivity index (χ0) is 74.5. The Balaban J connectivity index is 0.888. The zero-order valence-corrected chi connectivity index (χ0v) is 70.9. The highest BCUT2D eigenvalue weighted by molar-refractivity contribution is 7.28. The van der Waals surface area contributed by atoms with Crippen LogP contribution in [0.25, 0.3) is 92.8 Å². The van der Waals surface area contributed by atoms with E-state index in [0.29, 0.717) is 36.1 Å². The van der Waals surface area contributed by atoms with E-state index in [9.17, 15) is 0 Å². The molecular formula is C98H124N2O2S6. The van der Waals surface area contributed by atoms with Gasteiger partial charge in [-0.1, -0.05) is 332 Å². The molecule has 0 N–H and O–H groups in total. The summed E-state index contributed by atoms with van der Waals surface area (Å²) in [5.74, 6) is 0.738. The molecule has 2 unspecified atom stereocenters. The first-order valence-corrected chi connectivity index (χ1v) is 47.9. The lowest BCUT2D eigenvalue weighted by Gasteiger charge is -2.29. The maximum Gasteiger partial charge on any atom is 0.261 e. The average molecular weight is 1550 g/mol. The number of nitrogens with zero attached hydrogens (tertiary/aromatic N) is 2. The summed E-state index contributed by atoms with van der Waals surface area (Å²) in [4.78, 5) is 52.2. The number of benzene rings is 4. The first-order valence-electron chi connectivity index (χ1n) is 43.0. The van der Waals surface area contributed by atoms with Crippen LogP contribution in [-0.2, 0) is 9.59 Å². The molecule has 0 spiro atoms. The predicted molar refractivity (Wildman–Crippen MR) is 479 cm³/mol. The van der Waals surface area contributed by atoms with Crippen LogP contribution in [0.2, 0.25) is 0 Å². The van der Waals surface area contributed by atoms with Gasteiger partial charge in [0.1, 0.15) is 0 Å². The third-order valence-corrected chi connectivity index (χ3v) is 30.5. The summed E-state index contributed by atoms with van der Waals surface area (Å²) in [5, 5.41) is 5.05. The van der Waals surface area contributed by atoms with E-state index >= 15 is 9.59 Å². The van der Waals surface area contributed by atoms with E-state index in [1.807, 2.05) is 45.3 Å². The van der Waals surface area contributed by atoms with Crippen molar-refractivity contribution in [2.24, 2.45) is 11.8 Å². The second-order valence-electron chi connectivity index (χ2n) is 31.6. The van der Waals surface area contributed by atoms with Crippen LogP contribution in [0.15, 0.2) is 169 Å². The van der Waals surface area contributed by atoms with Crippen molar-refractivity contribution < 1.29 is 9.59 Å². The molecule has 10 heteroatoms. The first-order chi connectivity index (χ1) is 53.3. The monoisotopic (exact) mass is 1550 g/mol. The summed E-state index contributed by atoms with van der Waals surface area (Å²) in [6, 6.07) is 58.4. The molecule has 6 aromatic heterocycles. The van der Waals surface area contributed by atoms with Gasteiger partial charge in [0.05, 0.1) is 32.3 Å².